The van der Waals surface area contributed by atoms with Crippen molar-refractivity contribution in [3.05, 3.63) is 76.1 Å². The molecule has 10 heteroatoms. The number of aliphatic hydroxyl groups is 2. The van der Waals surface area contributed by atoms with E-state index < -0.39 is 22.7 Å². The summed E-state index contributed by atoms with van der Waals surface area (Å²) in [6, 6.07) is 15.9. The third-order valence-electron chi connectivity index (χ3n) is 6.05. The van der Waals surface area contributed by atoms with Crippen LogP contribution in [0.2, 0.25) is 0 Å². The summed E-state index contributed by atoms with van der Waals surface area (Å²) in [5.41, 5.74) is 3.43. The molecule has 0 radical (unpaired) electrons. The smallest absolute Gasteiger partial charge is 0.269 e. The van der Waals surface area contributed by atoms with Crippen molar-refractivity contribution in [1.82, 2.24) is 13.5 Å². The molecular weight excluding hydrogens is 593 g/mol. The summed E-state index contributed by atoms with van der Waals surface area (Å²) in [5, 5.41) is 20.3. The third-order valence-corrected chi connectivity index (χ3v) is 8.85. The molecule has 3 heterocycles. The van der Waals surface area contributed by atoms with Crippen LogP contribution in [0.1, 0.15) is 5.56 Å². The van der Waals surface area contributed by atoms with E-state index in [1.807, 2.05) is 42.9 Å². The van der Waals surface area contributed by atoms with Crippen molar-refractivity contribution in [1.29, 1.82) is 0 Å². The first kappa shape index (κ1) is 24.8. The van der Waals surface area contributed by atoms with E-state index in [1.54, 1.807) is 42.6 Å². The Labute approximate surface area is 222 Å². The van der Waals surface area contributed by atoms with Gasteiger partial charge in [-0.2, -0.15) is 0 Å². The summed E-state index contributed by atoms with van der Waals surface area (Å²) in [7, 11) is -2.09. The van der Waals surface area contributed by atoms with Crippen LogP contribution in [0, 0.1) is 10.5 Å². The summed E-state index contributed by atoms with van der Waals surface area (Å²) in [4.78, 5) is 4.63. The molecule has 1 atom stereocenters. The highest BCUT2D eigenvalue weighted by atomic mass is 127. The van der Waals surface area contributed by atoms with E-state index in [-0.39, 0.29) is 11.5 Å². The fourth-order valence-electron chi connectivity index (χ4n) is 4.22. The molecule has 36 heavy (non-hydrogen) atoms. The lowest BCUT2D eigenvalue weighted by Crippen LogP contribution is -2.21. The molecule has 0 aliphatic carbocycles. The highest BCUT2D eigenvalue weighted by Gasteiger charge is 2.29. The van der Waals surface area contributed by atoms with Crippen LogP contribution in [0.5, 0.6) is 5.75 Å². The van der Waals surface area contributed by atoms with E-state index in [4.69, 9.17) is 9.84 Å². The van der Waals surface area contributed by atoms with Gasteiger partial charge in [0.05, 0.1) is 17.2 Å². The molecule has 3 aromatic heterocycles. The standard InChI is InChI=1S/C26H24IN3O5S/c1-16-5-8-19(9-6-16)36(33,34)30-25(24(27)20-4-3-11-28-26(20)30)22-13-29(2)23-10-7-18(12-21(22)23)35-15-17(32)14-31/h3-13,17,31-32H,14-15H2,1-2H3. The van der Waals surface area contributed by atoms with Crippen molar-refractivity contribution < 1.29 is 23.4 Å². The molecule has 0 saturated carbocycles. The Morgan fingerprint density at radius 2 is 1.86 bits per heavy atom. The van der Waals surface area contributed by atoms with E-state index in [2.05, 4.69) is 27.6 Å². The van der Waals surface area contributed by atoms with Gasteiger partial charge in [-0.1, -0.05) is 17.7 Å². The molecule has 0 amide bonds. The lowest BCUT2D eigenvalue weighted by atomic mass is 10.1. The van der Waals surface area contributed by atoms with E-state index in [0.29, 0.717) is 22.7 Å². The summed E-state index contributed by atoms with van der Waals surface area (Å²) in [6.07, 6.45) is 2.49. The second-order valence-electron chi connectivity index (χ2n) is 8.60. The molecule has 186 valence electrons. The first-order chi connectivity index (χ1) is 17.2. The molecule has 0 spiro atoms. The number of halogens is 1. The zero-order valence-electron chi connectivity index (χ0n) is 19.6. The predicted octanol–water partition coefficient (Wildman–Crippen LogP) is 4.08. The number of fused-ring (bicyclic) bond motifs is 2. The zero-order chi connectivity index (χ0) is 25.6. The van der Waals surface area contributed by atoms with Gasteiger partial charge in [0.2, 0.25) is 0 Å². The Morgan fingerprint density at radius 1 is 1.11 bits per heavy atom. The molecule has 0 saturated heterocycles. The summed E-state index contributed by atoms with van der Waals surface area (Å²) < 4.78 is 37.7. The van der Waals surface area contributed by atoms with E-state index >= 15 is 0 Å². The van der Waals surface area contributed by atoms with E-state index in [9.17, 15) is 13.5 Å². The van der Waals surface area contributed by atoms with Gasteiger partial charge < -0.3 is 19.5 Å². The lowest BCUT2D eigenvalue weighted by Gasteiger charge is -2.13. The van der Waals surface area contributed by atoms with Gasteiger partial charge in [-0.25, -0.2) is 17.4 Å². The van der Waals surface area contributed by atoms with Gasteiger partial charge in [-0.15, -0.1) is 0 Å². The minimum Gasteiger partial charge on any atom is -0.491 e. The maximum absolute atomic E-state index is 14.0. The highest BCUT2D eigenvalue weighted by molar-refractivity contribution is 14.1. The third kappa shape index (κ3) is 4.17. The number of pyridine rings is 1. The Bertz CT molecular complexity index is 1690. The molecule has 0 aliphatic heterocycles. The van der Waals surface area contributed by atoms with Crippen molar-refractivity contribution in [2.45, 2.75) is 17.9 Å². The number of nitrogens with zero attached hydrogens (tertiary/aromatic N) is 3. The Morgan fingerprint density at radius 3 is 2.58 bits per heavy atom. The van der Waals surface area contributed by atoms with Gasteiger partial charge in [0, 0.05) is 44.9 Å². The van der Waals surface area contributed by atoms with Crippen LogP contribution in [-0.2, 0) is 17.1 Å². The summed E-state index contributed by atoms with van der Waals surface area (Å²) >= 11 is 2.18. The van der Waals surface area contributed by atoms with Crippen LogP contribution < -0.4 is 4.74 Å². The fraction of sp³-hybridized carbons (Fsp3) is 0.192. The van der Waals surface area contributed by atoms with Gasteiger partial charge >= 0.3 is 0 Å². The molecule has 1 unspecified atom stereocenters. The van der Waals surface area contributed by atoms with Crippen LogP contribution in [-0.4, -0.2) is 51.5 Å². The number of ether oxygens (including phenoxy) is 1. The molecule has 8 nitrogen and oxygen atoms in total. The van der Waals surface area contributed by atoms with Crippen molar-refractivity contribution in [2.24, 2.45) is 7.05 Å². The largest absolute Gasteiger partial charge is 0.491 e. The van der Waals surface area contributed by atoms with Gasteiger partial charge in [0.25, 0.3) is 10.0 Å². The maximum Gasteiger partial charge on any atom is 0.269 e. The van der Waals surface area contributed by atoms with Crippen LogP contribution in [0.3, 0.4) is 0 Å². The van der Waals surface area contributed by atoms with Crippen molar-refractivity contribution in [3.8, 4) is 17.0 Å². The number of aromatic nitrogens is 3. The number of benzene rings is 2. The van der Waals surface area contributed by atoms with Crippen LogP contribution >= 0.6 is 22.6 Å². The predicted molar refractivity (Wildman–Crippen MR) is 147 cm³/mol. The second kappa shape index (κ2) is 9.51. The minimum absolute atomic E-state index is 0.0618. The maximum atomic E-state index is 14.0. The number of aliphatic hydroxyl groups excluding tert-OH is 2. The second-order valence-corrected chi connectivity index (χ2v) is 11.5. The molecule has 0 fully saturated rings. The minimum atomic E-state index is -3.99. The SMILES string of the molecule is Cc1ccc(S(=O)(=O)n2c(-c3cn(C)c4ccc(OCC(O)CO)cc34)c(I)c3cccnc32)cc1. The molecular formula is C26H24IN3O5S. The van der Waals surface area contributed by atoms with Crippen LogP contribution in [0.25, 0.3) is 33.2 Å². The molecule has 5 rings (SSSR count). The average Bonchev–Trinajstić information content (AvgIpc) is 3.36. The Kier molecular flexibility index (Phi) is 6.54. The molecule has 0 bridgehead atoms. The Hall–Kier alpha value is -2.93. The monoisotopic (exact) mass is 617 g/mol. The van der Waals surface area contributed by atoms with Crippen molar-refractivity contribution in [3.63, 3.8) is 0 Å². The Balaban J connectivity index is 1.78. The first-order valence-electron chi connectivity index (χ1n) is 11.2. The van der Waals surface area contributed by atoms with Gasteiger partial charge in [-0.3, -0.25) is 0 Å². The number of aryl methyl sites for hydroxylation is 2. The number of hydrogen-bond acceptors (Lipinski definition) is 6. The van der Waals surface area contributed by atoms with Crippen LogP contribution in [0.4, 0.5) is 0 Å². The van der Waals surface area contributed by atoms with Crippen LogP contribution in [0.15, 0.2) is 71.9 Å². The molecule has 5 aromatic rings. The van der Waals surface area contributed by atoms with E-state index in [1.165, 1.54) is 3.97 Å². The molecule has 2 N–H and O–H groups in total. The number of rotatable bonds is 7. The average molecular weight is 617 g/mol. The highest BCUT2D eigenvalue weighted by Crippen LogP contribution is 2.41. The lowest BCUT2D eigenvalue weighted by molar-refractivity contribution is 0.0536. The van der Waals surface area contributed by atoms with E-state index in [0.717, 1.165) is 25.4 Å². The first-order valence-corrected chi connectivity index (χ1v) is 13.7. The van der Waals surface area contributed by atoms with Gasteiger partial charge in [0.1, 0.15) is 18.5 Å². The zero-order valence-corrected chi connectivity index (χ0v) is 22.6. The van der Waals surface area contributed by atoms with Gasteiger partial charge in [-0.05, 0) is 72.0 Å². The fourth-order valence-corrected chi connectivity index (χ4v) is 6.84. The molecule has 0 aliphatic rings. The topological polar surface area (TPSA) is 107 Å². The van der Waals surface area contributed by atoms with Crippen molar-refractivity contribution in [2.75, 3.05) is 13.2 Å². The van der Waals surface area contributed by atoms with Gasteiger partial charge in [0.15, 0.2) is 5.65 Å². The quantitative estimate of drug-likeness (QED) is 0.267. The number of hydrogen-bond donors (Lipinski definition) is 2. The molecule has 2 aromatic carbocycles. The normalized spacial score (nSPS) is 12.9. The summed E-state index contributed by atoms with van der Waals surface area (Å²) in [6.45, 7) is 1.45. The summed E-state index contributed by atoms with van der Waals surface area (Å²) in [5.74, 6) is 0.500. The van der Waals surface area contributed by atoms with Crippen molar-refractivity contribution >= 4 is 54.6 Å².